The lowest BCUT2D eigenvalue weighted by atomic mass is 10.3. The molecule has 1 N–H and O–H groups in total. The number of carbonyl (C=O) groups excluding carboxylic acids is 1. The molecule has 1 aliphatic rings. The normalized spacial score (nSPS) is 14.9. The van der Waals surface area contributed by atoms with E-state index in [9.17, 15) is 4.79 Å². The van der Waals surface area contributed by atoms with E-state index in [0.29, 0.717) is 5.69 Å². The molecule has 1 aliphatic heterocycles. The first-order chi connectivity index (χ1) is 10.5. The Hall–Kier alpha value is -1.95. The molecular weight excluding hydrogens is 341 g/mol. The third kappa shape index (κ3) is 2.27. The van der Waals surface area contributed by atoms with Crippen LogP contribution in [0.3, 0.4) is 0 Å². The Kier molecular flexibility index (Phi) is 3.87. The number of para-hydroxylation sites is 2. The number of carbonyl (C=O) groups is 1. The van der Waals surface area contributed by atoms with Crippen molar-refractivity contribution in [3.8, 4) is 0 Å². The van der Waals surface area contributed by atoms with Crippen LogP contribution in [0, 0.1) is 5.41 Å². The van der Waals surface area contributed by atoms with Crippen molar-refractivity contribution in [2.45, 2.75) is 0 Å². The molecule has 0 atom stereocenters. The number of amidine groups is 1. The number of nitrogens with zero attached hydrogens (tertiary/aromatic N) is 2. The number of urea groups is 1. The van der Waals surface area contributed by atoms with Gasteiger partial charge in [-0.15, -0.1) is 0 Å². The Morgan fingerprint density at radius 2 is 1.50 bits per heavy atom. The Bertz CT molecular complexity index is 774. The van der Waals surface area contributed by atoms with Crippen LogP contribution in [0.2, 0.25) is 10.0 Å². The maximum Gasteiger partial charge on any atom is 0.340 e. The van der Waals surface area contributed by atoms with Gasteiger partial charge < -0.3 is 0 Å². The van der Waals surface area contributed by atoms with Crippen LogP contribution in [0.4, 0.5) is 16.2 Å². The minimum Gasteiger partial charge on any atom is -0.281 e. The first-order valence-corrected chi connectivity index (χ1v) is 7.45. The highest BCUT2D eigenvalue weighted by atomic mass is 35.5. The lowest BCUT2D eigenvalue weighted by molar-refractivity contribution is 0.257. The van der Waals surface area contributed by atoms with E-state index in [1.807, 2.05) is 6.07 Å². The number of rotatable bonds is 2. The molecule has 1 heterocycles. The van der Waals surface area contributed by atoms with Gasteiger partial charge in [-0.05, 0) is 24.3 Å². The molecule has 0 aromatic heterocycles. The predicted molar refractivity (Wildman–Crippen MR) is 93.6 cm³/mol. The zero-order chi connectivity index (χ0) is 15.9. The van der Waals surface area contributed by atoms with E-state index in [-0.39, 0.29) is 26.6 Å². The van der Waals surface area contributed by atoms with Crippen LogP contribution >= 0.6 is 35.4 Å². The van der Waals surface area contributed by atoms with Crippen molar-refractivity contribution in [3.05, 3.63) is 58.6 Å². The van der Waals surface area contributed by atoms with Crippen LogP contribution in [0.25, 0.3) is 0 Å². The molecule has 0 bridgehead atoms. The number of benzene rings is 2. The predicted octanol–water partition coefficient (Wildman–Crippen LogP) is 4.74. The molecule has 0 spiro atoms. The van der Waals surface area contributed by atoms with Gasteiger partial charge in [0.25, 0.3) is 0 Å². The summed E-state index contributed by atoms with van der Waals surface area (Å²) >= 11 is 17.5. The molecule has 2 aromatic rings. The van der Waals surface area contributed by atoms with Crippen LogP contribution in [0.5, 0.6) is 0 Å². The molecule has 0 unspecified atom stereocenters. The van der Waals surface area contributed by atoms with Crippen molar-refractivity contribution in [1.82, 2.24) is 0 Å². The first kappa shape index (κ1) is 15.0. The Morgan fingerprint density at radius 1 is 0.909 bits per heavy atom. The maximum absolute atomic E-state index is 12.7. The van der Waals surface area contributed by atoms with E-state index < -0.39 is 6.03 Å². The highest BCUT2D eigenvalue weighted by Gasteiger charge is 2.42. The minimum atomic E-state index is -0.476. The average Bonchev–Trinajstić information content (AvgIpc) is 2.72. The molecular formula is C15H9Cl2N3OS. The molecule has 4 nitrogen and oxygen atoms in total. The maximum atomic E-state index is 12.7. The van der Waals surface area contributed by atoms with E-state index >= 15 is 0 Å². The van der Waals surface area contributed by atoms with Crippen LogP contribution in [0.15, 0.2) is 48.5 Å². The number of amides is 2. The summed E-state index contributed by atoms with van der Waals surface area (Å²) in [7, 11) is 0. The van der Waals surface area contributed by atoms with Crippen molar-refractivity contribution in [2.75, 3.05) is 9.80 Å². The number of hydrogen-bond acceptors (Lipinski definition) is 3. The van der Waals surface area contributed by atoms with Gasteiger partial charge in [0, 0.05) is 0 Å². The zero-order valence-corrected chi connectivity index (χ0v) is 13.4. The molecule has 0 saturated carbocycles. The second-order valence-corrected chi connectivity index (χ2v) is 5.71. The molecule has 3 rings (SSSR count). The lowest BCUT2D eigenvalue weighted by Crippen LogP contribution is -2.33. The number of hydrogen-bond donors (Lipinski definition) is 1. The van der Waals surface area contributed by atoms with Gasteiger partial charge >= 0.3 is 6.03 Å². The lowest BCUT2D eigenvalue weighted by Gasteiger charge is -2.19. The largest absolute Gasteiger partial charge is 0.340 e. The molecule has 0 aliphatic carbocycles. The van der Waals surface area contributed by atoms with Crippen molar-refractivity contribution in [2.24, 2.45) is 0 Å². The number of anilines is 2. The van der Waals surface area contributed by atoms with Crippen LogP contribution in [0.1, 0.15) is 0 Å². The van der Waals surface area contributed by atoms with Crippen LogP contribution in [-0.4, -0.2) is 16.9 Å². The summed E-state index contributed by atoms with van der Waals surface area (Å²) in [5.74, 6) is -0.126. The van der Waals surface area contributed by atoms with E-state index in [2.05, 4.69) is 0 Å². The SMILES string of the molecule is N=C1C(=S)N(c2ccccc2)C(=O)N1c1c(Cl)cccc1Cl. The Labute approximate surface area is 142 Å². The van der Waals surface area contributed by atoms with Gasteiger partial charge in [0.1, 0.15) is 0 Å². The van der Waals surface area contributed by atoms with Gasteiger partial charge in [-0.25, -0.2) is 14.6 Å². The zero-order valence-electron chi connectivity index (χ0n) is 11.1. The molecule has 1 saturated heterocycles. The summed E-state index contributed by atoms with van der Waals surface area (Å²) in [6.45, 7) is 0. The number of halogens is 2. The smallest absolute Gasteiger partial charge is 0.281 e. The van der Waals surface area contributed by atoms with Gasteiger partial charge in [0.2, 0.25) is 0 Å². The summed E-state index contributed by atoms with van der Waals surface area (Å²) < 4.78 is 0. The third-order valence-electron chi connectivity index (χ3n) is 3.19. The fourth-order valence-corrected chi connectivity index (χ4v) is 3.04. The van der Waals surface area contributed by atoms with Gasteiger partial charge in [-0.3, -0.25) is 5.41 Å². The highest BCUT2D eigenvalue weighted by Crippen LogP contribution is 2.37. The van der Waals surface area contributed by atoms with Crippen LogP contribution < -0.4 is 9.80 Å². The topological polar surface area (TPSA) is 47.4 Å². The summed E-state index contributed by atoms with van der Waals surface area (Å²) in [6.07, 6.45) is 0. The van der Waals surface area contributed by atoms with E-state index in [0.717, 1.165) is 4.90 Å². The molecule has 2 aromatic carbocycles. The van der Waals surface area contributed by atoms with Crippen molar-refractivity contribution in [3.63, 3.8) is 0 Å². The van der Waals surface area contributed by atoms with E-state index in [1.54, 1.807) is 42.5 Å². The minimum absolute atomic E-state index is 0.104. The van der Waals surface area contributed by atoms with Crippen molar-refractivity contribution in [1.29, 1.82) is 5.41 Å². The fourth-order valence-electron chi connectivity index (χ4n) is 2.20. The quantitative estimate of drug-likeness (QED) is 0.795. The molecule has 1 fully saturated rings. The number of thiocarbonyl (C=S) groups is 1. The van der Waals surface area contributed by atoms with Gasteiger partial charge in [0.05, 0.1) is 21.4 Å². The monoisotopic (exact) mass is 349 g/mol. The molecule has 110 valence electrons. The fraction of sp³-hybridized carbons (Fsp3) is 0. The second-order valence-electron chi connectivity index (χ2n) is 4.51. The highest BCUT2D eigenvalue weighted by molar-refractivity contribution is 7.82. The molecule has 0 radical (unpaired) electrons. The van der Waals surface area contributed by atoms with Gasteiger partial charge in [0.15, 0.2) is 10.8 Å². The summed E-state index contributed by atoms with van der Waals surface area (Å²) in [5, 5.41) is 8.72. The summed E-state index contributed by atoms with van der Waals surface area (Å²) in [6, 6.07) is 13.3. The van der Waals surface area contributed by atoms with E-state index in [4.69, 9.17) is 40.8 Å². The average molecular weight is 350 g/mol. The van der Waals surface area contributed by atoms with Crippen molar-refractivity contribution < 1.29 is 4.79 Å². The molecule has 22 heavy (non-hydrogen) atoms. The van der Waals surface area contributed by atoms with Crippen LogP contribution in [-0.2, 0) is 0 Å². The second kappa shape index (κ2) is 5.68. The number of nitrogens with one attached hydrogen (secondary N) is 1. The Morgan fingerprint density at radius 3 is 2.09 bits per heavy atom. The standard InChI is InChI=1S/C15H9Cl2N3OS/c16-10-7-4-8-11(17)12(10)20-13(18)14(22)19(15(20)21)9-5-2-1-3-6-9/h1-8,18H. The summed E-state index contributed by atoms with van der Waals surface area (Å²) in [5.41, 5.74) is 0.856. The molecule has 7 heteroatoms. The van der Waals surface area contributed by atoms with Gasteiger partial charge in [-0.1, -0.05) is 59.7 Å². The molecule has 2 amide bonds. The third-order valence-corrected chi connectivity index (χ3v) is 4.17. The first-order valence-electron chi connectivity index (χ1n) is 6.28. The summed E-state index contributed by atoms with van der Waals surface area (Å²) in [4.78, 5) is 15.3. The van der Waals surface area contributed by atoms with E-state index in [1.165, 1.54) is 4.90 Å². The Balaban J connectivity index is 2.11. The van der Waals surface area contributed by atoms with Gasteiger partial charge in [-0.2, -0.15) is 0 Å². The van der Waals surface area contributed by atoms with Crippen molar-refractivity contribution >= 4 is 63.6 Å².